The molecule has 31 heavy (non-hydrogen) atoms. The van der Waals surface area contributed by atoms with Gasteiger partial charge >= 0.3 is 0 Å². The molecular formula is C18H13N11O2. The summed E-state index contributed by atoms with van der Waals surface area (Å²) in [5, 5.41) is 32.5. The molecule has 0 aliphatic rings. The summed E-state index contributed by atoms with van der Waals surface area (Å²) in [5.41, 5.74) is -0.993. The van der Waals surface area contributed by atoms with Gasteiger partial charge in [-0.25, -0.2) is 24.5 Å². The minimum atomic E-state index is -0.778. The Hall–Kier alpha value is -4.86. The molecule has 0 aliphatic carbocycles. The smallest absolute Gasteiger partial charge is 0.278 e. The van der Waals surface area contributed by atoms with E-state index in [0.29, 0.717) is 5.82 Å². The van der Waals surface area contributed by atoms with Crippen molar-refractivity contribution in [3.63, 3.8) is 0 Å². The second-order valence-corrected chi connectivity index (χ2v) is 6.09. The topological polar surface area (TPSA) is 173 Å². The first kappa shape index (κ1) is 19.5. The molecule has 0 spiro atoms. The molecule has 0 saturated heterocycles. The Bertz CT molecular complexity index is 1390. The van der Waals surface area contributed by atoms with Crippen molar-refractivity contribution in [3.8, 4) is 23.8 Å². The molecule has 13 heteroatoms. The Morgan fingerprint density at radius 2 is 1.61 bits per heavy atom. The fourth-order valence-corrected chi connectivity index (χ4v) is 2.70. The van der Waals surface area contributed by atoms with Crippen LogP contribution < -0.4 is 5.56 Å². The van der Waals surface area contributed by atoms with Crippen LogP contribution in [0.4, 0.5) is 11.6 Å². The summed E-state index contributed by atoms with van der Waals surface area (Å²) in [6.45, 7) is 3.13. The van der Waals surface area contributed by atoms with Gasteiger partial charge in [0.2, 0.25) is 11.8 Å². The summed E-state index contributed by atoms with van der Waals surface area (Å²) in [6.07, 6.45) is 5.86. The summed E-state index contributed by atoms with van der Waals surface area (Å²) < 4.78 is 2.06. The Labute approximate surface area is 174 Å². The number of hydrogen-bond acceptors (Lipinski definition) is 11. The second kappa shape index (κ2) is 7.87. The van der Waals surface area contributed by atoms with Crippen LogP contribution in [0.5, 0.6) is 5.88 Å². The Morgan fingerprint density at radius 1 is 1.00 bits per heavy atom. The van der Waals surface area contributed by atoms with Crippen molar-refractivity contribution in [3.05, 3.63) is 64.2 Å². The van der Waals surface area contributed by atoms with Gasteiger partial charge in [-0.05, 0) is 26.0 Å². The van der Waals surface area contributed by atoms with Gasteiger partial charge in [0, 0.05) is 30.4 Å². The van der Waals surface area contributed by atoms with Gasteiger partial charge in [0.15, 0.2) is 11.5 Å². The molecule has 0 atom stereocenters. The number of azo groups is 1. The van der Waals surface area contributed by atoms with Gasteiger partial charge in [0.05, 0.1) is 0 Å². The quantitative estimate of drug-likeness (QED) is 0.486. The minimum Gasteiger partial charge on any atom is -0.492 e. The van der Waals surface area contributed by atoms with Crippen LogP contribution in [0.1, 0.15) is 17.0 Å². The van der Waals surface area contributed by atoms with Gasteiger partial charge in [-0.3, -0.25) is 4.79 Å². The zero-order valence-corrected chi connectivity index (χ0v) is 16.2. The summed E-state index contributed by atoms with van der Waals surface area (Å²) in [7, 11) is 0. The maximum Gasteiger partial charge on any atom is 0.278 e. The van der Waals surface area contributed by atoms with E-state index in [1.165, 1.54) is 36.4 Å². The monoisotopic (exact) mass is 415 g/mol. The first-order valence-corrected chi connectivity index (χ1v) is 8.80. The number of rotatable bonds is 4. The molecule has 0 aliphatic heterocycles. The Kier molecular flexibility index (Phi) is 4.94. The molecule has 0 saturated carbocycles. The summed E-state index contributed by atoms with van der Waals surface area (Å²) in [6, 6.07) is 5.02. The van der Waals surface area contributed by atoms with Crippen molar-refractivity contribution in [2.75, 3.05) is 0 Å². The van der Waals surface area contributed by atoms with Crippen molar-refractivity contribution in [1.82, 2.24) is 39.3 Å². The highest BCUT2D eigenvalue weighted by molar-refractivity contribution is 5.60. The number of pyridine rings is 1. The van der Waals surface area contributed by atoms with Gasteiger partial charge in [-0.2, -0.15) is 14.9 Å². The molecule has 4 heterocycles. The molecule has 4 aromatic heterocycles. The lowest BCUT2D eigenvalue weighted by Gasteiger charge is -2.11. The highest BCUT2D eigenvalue weighted by atomic mass is 16.3. The maximum absolute atomic E-state index is 12.7. The van der Waals surface area contributed by atoms with Gasteiger partial charge in [0.25, 0.3) is 17.5 Å². The van der Waals surface area contributed by atoms with Crippen LogP contribution >= 0.6 is 0 Å². The molecule has 4 rings (SSSR count). The van der Waals surface area contributed by atoms with E-state index >= 15 is 0 Å². The number of aromatic hydroxyl groups is 1. The molecule has 4 aromatic rings. The van der Waals surface area contributed by atoms with Crippen LogP contribution in [0.3, 0.4) is 0 Å². The lowest BCUT2D eigenvalue weighted by Crippen LogP contribution is -2.24. The lowest BCUT2D eigenvalue weighted by atomic mass is 10.1. The van der Waals surface area contributed by atoms with Crippen LogP contribution in [-0.2, 0) is 0 Å². The molecule has 0 unspecified atom stereocenters. The number of hydrogen-bond donors (Lipinski definition) is 1. The Morgan fingerprint density at radius 3 is 2.23 bits per heavy atom. The molecular weight excluding hydrogens is 402 g/mol. The summed E-state index contributed by atoms with van der Waals surface area (Å²) in [5.74, 6) is -0.0411. The van der Waals surface area contributed by atoms with Crippen LogP contribution in [0, 0.1) is 25.2 Å². The van der Waals surface area contributed by atoms with Crippen LogP contribution in [0.2, 0.25) is 0 Å². The second-order valence-electron chi connectivity index (χ2n) is 6.09. The number of aryl methyl sites for hydroxylation is 1. The largest absolute Gasteiger partial charge is 0.492 e. The SMILES string of the molecule is Cc1nc(/N=N/c2c(C)c(C#N)c(=O)n(-c3ncccn3)c2O)n(-c2ncccn2)n1. The average molecular weight is 415 g/mol. The van der Waals surface area contributed by atoms with Crippen molar-refractivity contribution < 1.29 is 5.11 Å². The first-order valence-electron chi connectivity index (χ1n) is 8.80. The van der Waals surface area contributed by atoms with Gasteiger partial charge < -0.3 is 5.11 Å². The van der Waals surface area contributed by atoms with Crippen molar-refractivity contribution in [2.24, 2.45) is 10.2 Å². The molecule has 1 N–H and O–H groups in total. The zero-order chi connectivity index (χ0) is 22.0. The predicted molar refractivity (Wildman–Crippen MR) is 105 cm³/mol. The Balaban J connectivity index is 1.89. The highest BCUT2D eigenvalue weighted by Gasteiger charge is 2.22. The van der Waals surface area contributed by atoms with Crippen LogP contribution in [0.15, 0.2) is 51.9 Å². The zero-order valence-electron chi connectivity index (χ0n) is 16.2. The van der Waals surface area contributed by atoms with Gasteiger partial charge in [0.1, 0.15) is 11.6 Å². The maximum atomic E-state index is 12.7. The van der Waals surface area contributed by atoms with Crippen LogP contribution in [-0.4, -0.2) is 44.4 Å². The summed E-state index contributed by atoms with van der Waals surface area (Å²) in [4.78, 5) is 33.0. The average Bonchev–Trinajstić information content (AvgIpc) is 3.16. The van der Waals surface area contributed by atoms with E-state index in [9.17, 15) is 15.2 Å². The van der Waals surface area contributed by atoms with E-state index in [-0.39, 0.29) is 34.7 Å². The van der Waals surface area contributed by atoms with Crippen molar-refractivity contribution in [1.29, 1.82) is 5.26 Å². The third-order valence-electron chi connectivity index (χ3n) is 4.11. The number of nitrogens with zero attached hydrogens (tertiary/aromatic N) is 11. The fourth-order valence-electron chi connectivity index (χ4n) is 2.70. The first-order chi connectivity index (χ1) is 15.0. The van der Waals surface area contributed by atoms with E-state index in [0.717, 1.165) is 4.57 Å². The molecule has 0 aromatic carbocycles. The van der Waals surface area contributed by atoms with Crippen molar-refractivity contribution >= 4 is 11.6 Å². The van der Waals surface area contributed by atoms with E-state index in [4.69, 9.17) is 0 Å². The van der Waals surface area contributed by atoms with E-state index < -0.39 is 11.4 Å². The van der Waals surface area contributed by atoms with Crippen molar-refractivity contribution in [2.45, 2.75) is 13.8 Å². The van der Waals surface area contributed by atoms with E-state index in [1.807, 2.05) is 6.07 Å². The molecule has 13 nitrogen and oxygen atoms in total. The minimum absolute atomic E-state index is 0.0368. The normalized spacial score (nSPS) is 11.0. The molecule has 0 amide bonds. The van der Waals surface area contributed by atoms with Gasteiger partial charge in [-0.15, -0.1) is 15.3 Å². The fraction of sp³-hybridized carbons (Fsp3) is 0.111. The summed E-state index contributed by atoms with van der Waals surface area (Å²) >= 11 is 0. The van der Waals surface area contributed by atoms with E-state index in [1.54, 1.807) is 19.1 Å². The number of nitriles is 1. The number of aromatic nitrogens is 8. The molecule has 152 valence electrons. The van der Waals surface area contributed by atoms with Gasteiger partial charge in [-0.1, -0.05) is 0 Å². The lowest BCUT2D eigenvalue weighted by molar-refractivity contribution is 0.433. The third kappa shape index (κ3) is 3.49. The van der Waals surface area contributed by atoms with E-state index in [2.05, 4.69) is 40.2 Å². The molecule has 0 bridgehead atoms. The predicted octanol–water partition coefficient (Wildman–Crippen LogP) is 1.61. The van der Waals surface area contributed by atoms with Crippen LogP contribution in [0.25, 0.3) is 11.9 Å². The molecule has 0 fully saturated rings. The standard InChI is InChI=1S/C18H13N11O2/c1-10-12(9-19)14(30)28(16-20-5-3-6-21-16)15(31)13(10)25-26-18-24-11(2)27-29(18)17-22-7-4-8-23-17/h3-8,31H,1-2H3/b26-25+. The highest BCUT2D eigenvalue weighted by Crippen LogP contribution is 2.33. The third-order valence-corrected chi connectivity index (χ3v) is 4.11. The molecule has 0 radical (unpaired) electrons.